The Kier molecular flexibility index (Phi) is 6.06. The fourth-order valence-electron chi connectivity index (χ4n) is 5.05. The Labute approximate surface area is 210 Å². The van der Waals surface area contributed by atoms with Crippen molar-refractivity contribution >= 4 is 22.7 Å². The molecule has 1 amide bonds. The van der Waals surface area contributed by atoms with Gasteiger partial charge in [-0.25, -0.2) is 4.79 Å². The number of hydrogen-bond donors (Lipinski definition) is 1. The van der Waals surface area contributed by atoms with Gasteiger partial charge in [0, 0.05) is 30.1 Å². The Morgan fingerprint density at radius 2 is 1.97 bits per heavy atom. The van der Waals surface area contributed by atoms with Crippen LogP contribution in [0.4, 0.5) is 10.5 Å². The molecule has 3 fully saturated rings. The van der Waals surface area contributed by atoms with Crippen molar-refractivity contribution in [3.05, 3.63) is 48.0 Å². The van der Waals surface area contributed by atoms with Crippen LogP contribution in [0.1, 0.15) is 44.6 Å². The minimum absolute atomic E-state index is 0.0596. The lowest BCUT2D eigenvalue weighted by molar-refractivity contribution is 0.108. The molecular weight excluding hydrogens is 454 g/mol. The van der Waals surface area contributed by atoms with Crippen molar-refractivity contribution in [2.24, 2.45) is 11.8 Å². The first kappa shape index (κ1) is 22.9. The molecule has 36 heavy (non-hydrogen) atoms. The zero-order valence-electron chi connectivity index (χ0n) is 20.5. The van der Waals surface area contributed by atoms with E-state index < -0.39 is 6.09 Å². The van der Waals surface area contributed by atoms with Crippen molar-refractivity contribution in [1.29, 1.82) is 5.26 Å². The van der Waals surface area contributed by atoms with Crippen LogP contribution in [-0.4, -0.2) is 36.1 Å². The number of carbonyl (C=O) groups is 1. The van der Waals surface area contributed by atoms with Gasteiger partial charge in [-0.15, -0.1) is 0 Å². The average Bonchev–Trinajstić information content (AvgIpc) is 3.80. The van der Waals surface area contributed by atoms with E-state index in [9.17, 15) is 10.1 Å². The first-order valence-corrected chi connectivity index (χ1v) is 13.0. The number of nitrogens with zero attached hydrogens (tertiary/aromatic N) is 2. The standard InChI is InChI=1S/C29H31N3O4/c1-18(20-4-5-20)35-29(33)31-22-8-6-21(7-9-22)28-26(15-30)25-11-10-23(36-24-12-13-34-17-24)14-27(25)32(28)16-19-2-3-19/h6-11,14,18-20,24H,2-5,12-13,16-17H2,1H3,(H,31,33). The molecule has 2 saturated carbocycles. The van der Waals surface area contributed by atoms with Gasteiger partial charge in [-0.2, -0.15) is 5.26 Å². The van der Waals surface area contributed by atoms with Crippen LogP contribution in [-0.2, 0) is 16.0 Å². The number of nitrogens with one attached hydrogen (secondary N) is 1. The molecule has 2 heterocycles. The average molecular weight is 486 g/mol. The number of ether oxygens (including phenoxy) is 3. The molecule has 7 nitrogen and oxygen atoms in total. The topological polar surface area (TPSA) is 85.5 Å². The summed E-state index contributed by atoms with van der Waals surface area (Å²) in [7, 11) is 0. The molecule has 0 radical (unpaired) electrons. The van der Waals surface area contributed by atoms with Gasteiger partial charge < -0.3 is 18.8 Å². The number of carbonyl (C=O) groups excluding carboxylic acids is 1. The van der Waals surface area contributed by atoms with Crippen LogP contribution < -0.4 is 10.1 Å². The van der Waals surface area contributed by atoms with Crippen LogP contribution in [0.25, 0.3) is 22.2 Å². The Morgan fingerprint density at radius 3 is 2.64 bits per heavy atom. The first-order valence-electron chi connectivity index (χ1n) is 13.0. The van der Waals surface area contributed by atoms with E-state index in [1.54, 1.807) is 0 Å². The number of anilines is 1. The number of rotatable bonds is 8. The van der Waals surface area contributed by atoms with E-state index in [1.165, 1.54) is 12.8 Å². The first-order chi connectivity index (χ1) is 17.6. The predicted octanol–water partition coefficient (Wildman–Crippen LogP) is 6.10. The van der Waals surface area contributed by atoms with Gasteiger partial charge >= 0.3 is 6.09 Å². The number of fused-ring (bicyclic) bond motifs is 1. The van der Waals surface area contributed by atoms with Gasteiger partial charge in [0.05, 0.1) is 30.0 Å². The SMILES string of the molecule is CC(OC(=O)Nc1ccc(-c2c(C#N)c3ccc(OC4CCOC4)cc3n2CC2CC2)cc1)C1CC1. The van der Waals surface area contributed by atoms with Gasteiger partial charge in [0.1, 0.15) is 24.0 Å². The Morgan fingerprint density at radius 1 is 1.17 bits per heavy atom. The molecule has 7 heteroatoms. The molecule has 2 unspecified atom stereocenters. The Bertz CT molecular complexity index is 1310. The maximum atomic E-state index is 12.3. The minimum atomic E-state index is -0.428. The maximum Gasteiger partial charge on any atom is 0.411 e. The van der Waals surface area contributed by atoms with Crippen LogP contribution in [0, 0.1) is 23.2 Å². The smallest absolute Gasteiger partial charge is 0.411 e. The molecule has 2 aromatic carbocycles. The summed E-state index contributed by atoms with van der Waals surface area (Å²) in [5.74, 6) is 1.93. The number of hydrogen-bond acceptors (Lipinski definition) is 5. The van der Waals surface area contributed by atoms with E-state index in [1.807, 2.05) is 43.3 Å². The molecule has 0 bridgehead atoms. The molecule has 1 aliphatic heterocycles. The Hall–Kier alpha value is -3.50. The third kappa shape index (κ3) is 4.78. The van der Waals surface area contributed by atoms with E-state index >= 15 is 0 Å². The Balaban J connectivity index is 1.30. The molecule has 3 aliphatic rings. The summed E-state index contributed by atoms with van der Waals surface area (Å²) in [5.41, 5.74) is 4.21. The molecule has 1 aromatic heterocycles. The zero-order valence-corrected chi connectivity index (χ0v) is 20.5. The quantitative estimate of drug-likeness (QED) is 0.416. The maximum absolute atomic E-state index is 12.3. The fraction of sp³-hybridized carbons (Fsp3) is 0.448. The van der Waals surface area contributed by atoms with Crippen LogP contribution in [0.15, 0.2) is 42.5 Å². The van der Waals surface area contributed by atoms with Crippen LogP contribution >= 0.6 is 0 Å². The number of benzene rings is 2. The lowest BCUT2D eigenvalue weighted by atomic mass is 10.1. The van der Waals surface area contributed by atoms with Crippen molar-refractivity contribution < 1.29 is 19.0 Å². The van der Waals surface area contributed by atoms with E-state index in [0.29, 0.717) is 29.7 Å². The molecule has 0 spiro atoms. The van der Waals surface area contributed by atoms with Crippen molar-refractivity contribution in [2.45, 2.75) is 57.8 Å². The van der Waals surface area contributed by atoms with Crippen LogP contribution in [0.3, 0.4) is 0 Å². The monoisotopic (exact) mass is 485 g/mol. The molecule has 2 aliphatic carbocycles. The lowest BCUT2D eigenvalue weighted by Gasteiger charge is -2.14. The number of amides is 1. The second-order valence-corrected chi connectivity index (χ2v) is 10.3. The highest BCUT2D eigenvalue weighted by atomic mass is 16.6. The van der Waals surface area contributed by atoms with Crippen LogP contribution in [0.5, 0.6) is 5.75 Å². The van der Waals surface area contributed by atoms with Gasteiger partial charge in [0.25, 0.3) is 0 Å². The van der Waals surface area contributed by atoms with E-state index in [0.717, 1.165) is 60.3 Å². The van der Waals surface area contributed by atoms with Crippen molar-refractivity contribution in [3.63, 3.8) is 0 Å². The molecular formula is C29H31N3O4. The highest BCUT2D eigenvalue weighted by Gasteiger charge is 2.31. The molecule has 3 aromatic rings. The highest BCUT2D eigenvalue weighted by Crippen LogP contribution is 2.40. The summed E-state index contributed by atoms with van der Waals surface area (Å²) in [6.07, 6.45) is 5.15. The molecule has 2 atom stereocenters. The van der Waals surface area contributed by atoms with Gasteiger partial charge in [-0.1, -0.05) is 12.1 Å². The van der Waals surface area contributed by atoms with Gasteiger partial charge in [-0.3, -0.25) is 5.32 Å². The molecule has 186 valence electrons. The fourth-order valence-corrected chi connectivity index (χ4v) is 5.05. The molecule has 1 saturated heterocycles. The number of aromatic nitrogens is 1. The highest BCUT2D eigenvalue weighted by molar-refractivity contribution is 5.95. The second kappa shape index (κ2) is 9.51. The van der Waals surface area contributed by atoms with Gasteiger partial charge in [0.2, 0.25) is 0 Å². The minimum Gasteiger partial charge on any atom is -0.488 e. The normalized spacial score (nSPS) is 20.2. The zero-order chi connectivity index (χ0) is 24.6. The number of nitriles is 1. The lowest BCUT2D eigenvalue weighted by Crippen LogP contribution is -2.21. The summed E-state index contributed by atoms with van der Waals surface area (Å²) >= 11 is 0. The van der Waals surface area contributed by atoms with Crippen LogP contribution in [0.2, 0.25) is 0 Å². The summed E-state index contributed by atoms with van der Waals surface area (Å²) in [6.45, 7) is 4.16. The van der Waals surface area contributed by atoms with E-state index in [4.69, 9.17) is 14.2 Å². The van der Waals surface area contributed by atoms with E-state index in [-0.39, 0.29) is 12.2 Å². The largest absolute Gasteiger partial charge is 0.488 e. The second-order valence-electron chi connectivity index (χ2n) is 10.3. The molecule has 1 N–H and O–H groups in total. The summed E-state index contributed by atoms with van der Waals surface area (Å²) in [5, 5.41) is 13.9. The third-order valence-corrected chi connectivity index (χ3v) is 7.46. The summed E-state index contributed by atoms with van der Waals surface area (Å²) in [4.78, 5) is 12.3. The van der Waals surface area contributed by atoms with E-state index in [2.05, 4.69) is 22.0 Å². The van der Waals surface area contributed by atoms with Crippen molar-refractivity contribution in [2.75, 3.05) is 18.5 Å². The van der Waals surface area contributed by atoms with Crippen molar-refractivity contribution in [3.8, 4) is 23.1 Å². The van der Waals surface area contributed by atoms with Gasteiger partial charge in [-0.05, 0) is 74.3 Å². The summed E-state index contributed by atoms with van der Waals surface area (Å²) in [6, 6.07) is 16.1. The van der Waals surface area contributed by atoms with Gasteiger partial charge in [0.15, 0.2) is 0 Å². The predicted molar refractivity (Wildman–Crippen MR) is 137 cm³/mol. The summed E-state index contributed by atoms with van der Waals surface area (Å²) < 4.78 is 19.4. The van der Waals surface area contributed by atoms with Crippen molar-refractivity contribution in [1.82, 2.24) is 4.57 Å². The molecule has 6 rings (SSSR count). The third-order valence-electron chi connectivity index (χ3n) is 7.46.